The van der Waals surface area contributed by atoms with Crippen LogP contribution in [0.1, 0.15) is 11.3 Å². The van der Waals surface area contributed by atoms with Gasteiger partial charge < -0.3 is 14.4 Å². The molecule has 0 saturated heterocycles. The Morgan fingerprint density at radius 1 is 1.14 bits per heavy atom. The molecule has 142 valence electrons. The van der Waals surface area contributed by atoms with Crippen molar-refractivity contribution >= 4 is 5.91 Å². The lowest BCUT2D eigenvalue weighted by Gasteiger charge is -2.20. The molecule has 2 heterocycles. The van der Waals surface area contributed by atoms with Crippen LogP contribution in [-0.2, 0) is 17.9 Å². The fraction of sp³-hybridized carbons (Fsp3) is 0.182. The summed E-state index contributed by atoms with van der Waals surface area (Å²) in [5, 5.41) is 0. The maximum Gasteiger partial charge on any atom is 0.261 e. The average Bonchev–Trinajstić information content (AvgIpc) is 2.88. The van der Waals surface area contributed by atoms with Crippen molar-refractivity contribution in [2.45, 2.75) is 13.1 Å². The number of ether oxygens (including phenoxy) is 2. The van der Waals surface area contributed by atoms with E-state index in [0.29, 0.717) is 24.5 Å². The average molecular weight is 378 g/mol. The van der Waals surface area contributed by atoms with Gasteiger partial charge in [-0.2, -0.15) is 0 Å². The number of carbonyl (C=O) groups excluding carboxylic acids is 1. The van der Waals surface area contributed by atoms with Gasteiger partial charge in [0.25, 0.3) is 5.91 Å². The Morgan fingerprint density at radius 3 is 2.75 bits per heavy atom. The van der Waals surface area contributed by atoms with E-state index in [1.54, 1.807) is 24.1 Å². The first-order valence-corrected chi connectivity index (χ1v) is 8.92. The molecule has 0 bridgehead atoms. The maximum absolute atomic E-state index is 13.1. The smallest absolute Gasteiger partial charge is 0.261 e. The lowest BCUT2D eigenvalue weighted by molar-refractivity contribution is -0.133. The van der Waals surface area contributed by atoms with E-state index in [0.717, 1.165) is 22.6 Å². The molecule has 1 aliphatic rings. The van der Waals surface area contributed by atoms with E-state index in [1.165, 1.54) is 12.1 Å². The van der Waals surface area contributed by atoms with Gasteiger partial charge in [-0.05, 0) is 42.0 Å². The van der Waals surface area contributed by atoms with Crippen molar-refractivity contribution in [3.63, 3.8) is 0 Å². The largest absolute Gasteiger partial charge is 0.497 e. The lowest BCUT2D eigenvalue weighted by atomic mass is 10.1. The van der Waals surface area contributed by atoms with Crippen molar-refractivity contribution in [2.75, 3.05) is 13.7 Å². The molecular weight excluding hydrogens is 359 g/mol. The summed E-state index contributed by atoms with van der Waals surface area (Å²) in [6.45, 7) is 0.644. The number of nitrogens with zero attached hydrogens (tertiary/aromatic N) is 2. The van der Waals surface area contributed by atoms with Gasteiger partial charge in [-0.15, -0.1) is 0 Å². The van der Waals surface area contributed by atoms with E-state index >= 15 is 0 Å². The van der Waals surface area contributed by atoms with E-state index in [2.05, 4.69) is 0 Å². The second-order valence-electron chi connectivity index (χ2n) is 6.54. The molecule has 0 N–H and O–H groups in total. The zero-order valence-electron chi connectivity index (χ0n) is 15.4. The number of hydrogen-bond donors (Lipinski definition) is 0. The van der Waals surface area contributed by atoms with Gasteiger partial charge in [-0.25, -0.2) is 9.37 Å². The van der Waals surface area contributed by atoms with Crippen LogP contribution in [0.15, 0.2) is 60.7 Å². The van der Waals surface area contributed by atoms with Crippen molar-refractivity contribution < 1.29 is 18.7 Å². The van der Waals surface area contributed by atoms with E-state index in [-0.39, 0.29) is 18.3 Å². The van der Waals surface area contributed by atoms with Gasteiger partial charge in [0.1, 0.15) is 23.0 Å². The molecule has 3 aromatic rings. The minimum absolute atomic E-state index is 0.0472. The molecule has 5 nitrogen and oxygen atoms in total. The Bertz CT molecular complexity index is 1000. The SMILES string of the molecule is COc1cccc(-c2ccc3c(n2)CN(Cc2ccc(F)cc2)C(=O)CO3)c1. The highest BCUT2D eigenvalue weighted by atomic mass is 19.1. The monoisotopic (exact) mass is 378 g/mol. The van der Waals surface area contributed by atoms with Gasteiger partial charge >= 0.3 is 0 Å². The highest BCUT2D eigenvalue weighted by Gasteiger charge is 2.23. The summed E-state index contributed by atoms with van der Waals surface area (Å²) >= 11 is 0. The van der Waals surface area contributed by atoms with Crippen molar-refractivity contribution in [3.8, 4) is 22.8 Å². The standard InChI is InChI=1S/C22H19FN2O3/c1-27-18-4-2-3-16(11-18)19-9-10-21-20(24-19)13-25(22(26)14-28-21)12-15-5-7-17(23)8-6-15/h2-11H,12-14H2,1H3. The molecule has 0 saturated carbocycles. The molecule has 0 fully saturated rings. The topological polar surface area (TPSA) is 51.7 Å². The zero-order chi connectivity index (χ0) is 19.5. The van der Waals surface area contributed by atoms with Crippen LogP contribution in [-0.4, -0.2) is 29.5 Å². The lowest BCUT2D eigenvalue weighted by Crippen LogP contribution is -2.32. The first-order chi connectivity index (χ1) is 13.6. The molecule has 1 amide bonds. The number of methoxy groups -OCH3 is 1. The first-order valence-electron chi connectivity index (χ1n) is 8.92. The van der Waals surface area contributed by atoms with Gasteiger partial charge in [0.2, 0.25) is 0 Å². The van der Waals surface area contributed by atoms with Gasteiger partial charge in [0.15, 0.2) is 6.61 Å². The summed E-state index contributed by atoms with van der Waals surface area (Å²) in [6.07, 6.45) is 0. The van der Waals surface area contributed by atoms with Crippen molar-refractivity contribution in [2.24, 2.45) is 0 Å². The molecule has 1 aromatic heterocycles. The number of carbonyl (C=O) groups is 1. The Morgan fingerprint density at radius 2 is 1.96 bits per heavy atom. The third kappa shape index (κ3) is 3.81. The minimum Gasteiger partial charge on any atom is -0.497 e. The van der Waals surface area contributed by atoms with Crippen molar-refractivity contribution in [1.29, 1.82) is 0 Å². The highest BCUT2D eigenvalue weighted by molar-refractivity contribution is 5.78. The second kappa shape index (κ2) is 7.68. The van der Waals surface area contributed by atoms with Crippen LogP contribution in [0.5, 0.6) is 11.5 Å². The molecule has 0 radical (unpaired) electrons. The van der Waals surface area contributed by atoms with Crippen molar-refractivity contribution in [3.05, 3.63) is 77.7 Å². The van der Waals surface area contributed by atoms with E-state index in [9.17, 15) is 9.18 Å². The number of aromatic nitrogens is 1. The van der Waals surface area contributed by atoms with E-state index in [1.807, 2.05) is 36.4 Å². The fourth-order valence-electron chi connectivity index (χ4n) is 3.13. The van der Waals surface area contributed by atoms with Crippen LogP contribution in [0.2, 0.25) is 0 Å². The summed E-state index contributed by atoms with van der Waals surface area (Å²) in [4.78, 5) is 18.9. The summed E-state index contributed by atoms with van der Waals surface area (Å²) in [5.41, 5.74) is 3.23. The summed E-state index contributed by atoms with van der Waals surface area (Å²) in [6, 6.07) is 17.5. The second-order valence-corrected chi connectivity index (χ2v) is 6.54. The Kier molecular flexibility index (Phi) is 4.93. The van der Waals surface area contributed by atoms with Crippen LogP contribution in [0.25, 0.3) is 11.3 Å². The third-order valence-corrected chi connectivity index (χ3v) is 4.63. The Balaban J connectivity index is 1.62. The molecule has 6 heteroatoms. The maximum atomic E-state index is 13.1. The van der Waals surface area contributed by atoms with Crippen LogP contribution in [0.3, 0.4) is 0 Å². The van der Waals surface area contributed by atoms with Crippen LogP contribution >= 0.6 is 0 Å². The number of fused-ring (bicyclic) bond motifs is 1. The molecule has 0 aliphatic carbocycles. The predicted molar refractivity (Wildman–Crippen MR) is 102 cm³/mol. The molecule has 0 atom stereocenters. The first kappa shape index (κ1) is 18.0. The normalized spacial score (nSPS) is 13.5. The van der Waals surface area contributed by atoms with Gasteiger partial charge in [0.05, 0.1) is 19.3 Å². The quantitative estimate of drug-likeness (QED) is 0.693. The summed E-state index contributed by atoms with van der Waals surface area (Å²) in [5.74, 6) is 0.912. The molecule has 1 aliphatic heterocycles. The van der Waals surface area contributed by atoms with Crippen LogP contribution in [0.4, 0.5) is 4.39 Å². The fourth-order valence-corrected chi connectivity index (χ4v) is 3.13. The number of benzene rings is 2. The minimum atomic E-state index is -0.302. The Labute approximate surface area is 162 Å². The van der Waals surface area contributed by atoms with Gasteiger partial charge in [0, 0.05) is 12.1 Å². The van der Waals surface area contributed by atoms with E-state index < -0.39 is 0 Å². The van der Waals surface area contributed by atoms with Crippen molar-refractivity contribution in [1.82, 2.24) is 9.88 Å². The number of rotatable bonds is 4. The van der Waals surface area contributed by atoms with Gasteiger partial charge in [-0.1, -0.05) is 24.3 Å². The Hall–Kier alpha value is -3.41. The summed E-state index contributed by atoms with van der Waals surface area (Å²) in [7, 11) is 1.62. The number of hydrogen-bond acceptors (Lipinski definition) is 4. The summed E-state index contributed by atoms with van der Waals surface area (Å²) < 4.78 is 24.1. The predicted octanol–water partition coefficient (Wildman–Crippen LogP) is 3.82. The molecule has 2 aromatic carbocycles. The molecule has 28 heavy (non-hydrogen) atoms. The molecule has 0 spiro atoms. The van der Waals surface area contributed by atoms with Gasteiger partial charge in [-0.3, -0.25) is 4.79 Å². The highest BCUT2D eigenvalue weighted by Crippen LogP contribution is 2.28. The third-order valence-electron chi connectivity index (χ3n) is 4.63. The number of halogens is 1. The van der Waals surface area contributed by atoms with Crippen LogP contribution < -0.4 is 9.47 Å². The molecular formula is C22H19FN2O3. The number of pyridine rings is 1. The number of amides is 1. The molecule has 4 rings (SSSR count). The van der Waals surface area contributed by atoms with E-state index in [4.69, 9.17) is 14.5 Å². The zero-order valence-corrected chi connectivity index (χ0v) is 15.4. The van der Waals surface area contributed by atoms with Crippen LogP contribution in [0, 0.1) is 5.82 Å². The molecule has 0 unspecified atom stereocenters.